The van der Waals surface area contributed by atoms with Crippen LogP contribution in [0.1, 0.15) is 49.8 Å². The Morgan fingerprint density at radius 3 is 2.53 bits per heavy atom. The molecule has 0 bridgehead atoms. The Labute approximate surface area is 221 Å². The van der Waals surface area contributed by atoms with Crippen LogP contribution in [0.15, 0.2) is 73.1 Å². The molecule has 9 nitrogen and oxygen atoms in total. The molecule has 1 aliphatic heterocycles. The number of carbonyl (C=O) groups is 2. The number of nitrogens with zero attached hydrogens (tertiary/aromatic N) is 5. The molecule has 1 saturated heterocycles. The number of carbonyl (C=O) groups excluding carboxylic acids is 2. The second-order valence-corrected chi connectivity index (χ2v) is 9.81. The molecule has 2 aromatic heterocycles. The van der Waals surface area contributed by atoms with Gasteiger partial charge in [-0.05, 0) is 66.3 Å². The quantitative estimate of drug-likeness (QED) is 0.363. The molecule has 2 aromatic carbocycles. The summed E-state index contributed by atoms with van der Waals surface area (Å²) in [5.74, 6) is -0.233. The number of rotatable bonds is 9. The molecule has 0 aliphatic carbocycles. The van der Waals surface area contributed by atoms with Gasteiger partial charge in [0.1, 0.15) is 18.1 Å². The number of pyridine rings is 1. The zero-order valence-corrected chi connectivity index (χ0v) is 21.7. The van der Waals surface area contributed by atoms with Crippen LogP contribution >= 0.6 is 0 Å². The maximum atomic E-state index is 14.1. The van der Waals surface area contributed by atoms with E-state index in [0.717, 1.165) is 23.9 Å². The zero-order valence-electron chi connectivity index (χ0n) is 21.7. The molecule has 0 radical (unpaired) electrons. The van der Waals surface area contributed by atoms with Gasteiger partial charge < -0.3 is 10.1 Å². The van der Waals surface area contributed by atoms with Gasteiger partial charge in [-0.2, -0.15) is 0 Å². The number of hydrogen-bond donors (Lipinski definition) is 1. The summed E-state index contributed by atoms with van der Waals surface area (Å²) in [6.45, 7) is 5.25. The second kappa shape index (κ2) is 11.5. The summed E-state index contributed by atoms with van der Waals surface area (Å²) >= 11 is 0. The highest BCUT2D eigenvalue weighted by Gasteiger charge is 2.34. The third-order valence-corrected chi connectivity index (χ3v) is 6.87. The van der Waals surface area contributed by atoms with Crippen molar-refractivity contribution >= 4 is 28.5 Å². The summed E-state index contributed by atoms with van der Waals surface area (Å²) in [6.07, 6.45) is 5.12. The van der Waals surface area contributed by atoms with Crippen molar-refractivity contribution in [1.29, 1.82) is 0 Å². The minimum absolute atomic E-state index is 0.0203. The smallest absolute Gasteiger partial charge is 0.249 e. The monoisotopic (exact) mass is 512 g/mol. The molecule has 1 N–H and O–H groups in total. The highest BCUT2D eigenvalue weighted by atomic mass is 16.5. The van der Waals surface area contributed by atoms with Gasteiger partial charge in [-0.1, -0.05) is 43.3 Å². The van der Waals surface area contributed by atoms with Gasteiger partial charge in [0.2, 0.25) is 11.8 Å². The molecule has 0 spiro atoms. The second-order valence-electron chi connectivity index (χ2n) is 9.81. The Bertz CT molecular complexity index is 1380. The summed E-state index contributed by atoms with van der Waals surface area (Å²) in [7, 11) is 0. The topological polar surface area (TPSA) is 102 Å². The van der Waals surface area contributed by atoms with E-state index in [4.69, 9.17) is 4.74 Å². The fourth-order valence-corrected chi connectivity index (χ4v) is 4.78. The Morgan fingerprint density at radius 2 is 1.82 bits per heavy atom. The van der Waals surface area contributed by atoms with Gasteiger partial charge in [-0.15, -0.1) is 5.10 Å². The van der Waals surface area contributed by atoms with Crippen LogP contribution < -0.4 is 10.2 Å². The molecule has 0 saturated carbocycles. The van der Waals surface area contributed by atoms with E-state index >= 15 is 0 Å². The van der Waals surface area contributed by atoms with E-state index in [1.165, 1.54) is 0 Å². The van der Waals surface area contributed by atoms with Crippen molar-refractivity contribution in [1.82, 2.24) is 25.3 Å². The maximum Gasteiger partial charge on any atom is 0.249 e. The van der Waals surface area contributed by atoms with E-state index in [9.17, 15) is 9.59 Å². The predicted molar refractivity (Wildman–Crippen MR) is 145 cm³/mol. The molecule has 1 fully saturated rings. The van der Waals surface area contributed by atoms with E-state index in [1.54, 1.807) is 34.1 Å². The normalized spacial score (nSPS) is 16.0. The van der Waals surface area contributed by atoms with Gasteiger partial charge >= 0.3 is 0 Å². The summed E-state index contributed by atoms with van der Waals surface area (Å²) in [4.78, 5) is 33.5. The van der Waals surface area contributed by atoms with E-state index in [2.05, 4.69) is 34.5 Å². The van der Waals surface area contributed by atoms with Gasteiger partial charge in [0, 0.05) is 31.2 Å². The largest absolute Gasteiger partial charge is 0.376 e. The third-order valence-electron chi connectivity index (χ3n) is 6.87. The number of para-hydroxylation sites is 1. The molecule has 2 amide bonds. The SMILES string of the molecule is CC(C)c1ccc(N(C(=O)Cn2nnc3ccccc32)[C@H](C(=O)NC[C@H]2CCCO2)c2ccncc2)cc1. The number of benzene rings is 2. The van der Waals surface area contributed by atoms with Crippen molar-refractivity contribution in [2.45, 2.75) is 51.3 Å². The Morgan fingerprint density at radius 1 is 1.05 bits per heavy atom. The van der Waals surface area contributed by atoms with Crippen LogP contribution in [-0.4, -0.2) is 51.0 Å². The van der Waals surface area contributed by atoms with Crippen LogP contribution in [0.4, 0.5) is 5.69 Å². The molecular weight excluding hydrogens is 480 g/mol. The number of ether oxygens (including phenoxy) is 1. The van der Waals surface area contributed by atoms with Gasteiger partial charge in [0.05, 0.1) is 11.6 Å². The molecule has 5 rings (SSSR count). The minimum atomic E-state index is -0.911. The van der Waals surface area contributed by atoms with Crippen LogP contribution in [0.2, 0.25) is 0 Å². The zero-order chi connectivity index (χ0) is 26.5. The Hall–Kier alpha value is -4.11. The highest BCUT2D eigenvalue weighted by Crippen LogP contribution is 2.30. The molecule has 196 valence electrons. The average Bonchev–Trinajstić information content (AvgIpc) is 3.61. The molecule has 38 heavy (non-hydrogen) atoms. The van der Waals surface area contributed by atoms with Gasteiger partial charge in [0.25, 0.3) is 0 Å². The number of anilines is 1. The van der Waals surface area contributed by atoms with E-state index < -0.39 is 6.04 Å². The molecule has 0 unspecified atom stereocenters. The molecule has 9 heteroatoms. The van der Waals surface area contributed by atoms with Gasteiger partial charge in [0.15, 0.2) is 0 Å². The lowest BCUT2D eigenvalue weighted by atomic mass is 10.0. The van der Waals surface area contributed by atoms with Crippen LogP contribution in [-0.2, 0) is 20.9 Å². The van der Waals surface area contributed by atoms with E-state index in [0.29, 0.717) is 35.8 Å². The first-order valence-electron chi connectivity index (χ1n) is 13.0. The molecule has 1 aliphatic rings. The third kappa shape index (κ3) is 5.57. The van der Waals surface area contributed by atoms with Crippen molar-refractivity contribution in [3.05, 3.63) is 84.2 Å². The van der Waals surface area contributed by atoms with Crippen molar-refractivity contribution in [2.75, 3.05) is 18.1 Å². The summed E-state index contributed by atoms with van der Waals surface area (Å²) in [5.41, 5.74) is 3.88. The Balaban J connectivity index is 1.52. The van der Waals surface area contributed by atoms with Crippen molar-refractivity contribution < 1.29 is 14.3 Å². The molecule has 4 aromatic rings. The first-order chi connectivity index (χ1) is 18.5. The minimum Gasteiger partial charge on any atom is -0.376 e. The van der Waals surface area contributed by atoms with E-state index in [1.807, 2.05) is 48.5 Å². The lowest BCUT2D eigenvalue weighted by molar-refractivity contribution is -0.127. The number of amides is 2. The van der Waals surface area contributed by atoms with Crippen LogP contribution in [0.5, 0.6) is 0 Å². The van der Waals surface area contributed by atoms with Crippen molar-refractivity contribution in [2.24, 2.45) is 0 Å². The first-order valence-corrected chi connectivity index (χ1v) is 13.0. The summed E-state index contributed by atoms with van der Waals surface area (Å²) in [5, 5.41) is 11.4. The highest BCUT2D eigenvalue weighted by molar-refractivity contribution is 6.01. The predicted octanol–water partition coefficient (Wildman–Crippen LogP) is 4.02. The molecule has 2 atom stereocenters. The lowest BCUT2D eigenvalue weighted by Gasteiger charge is -2.32. The number of hydrogen-bond acceptors (Lipinski definition) is 6. The molecular formula is C29H32N6O3. The lowest BCUT2D eigenvalue weighted by Crippen LogP contribution is -2.46. The van der Waals surface area contributed by atoms with Crippen LogP contribution in [0, 0.1) is 0 Å². The fraction of sp³-hybridized carbons (Fsp3) is 0.345. The van der Waals surface area contributed by atoms with Crippen molar-refractivity contribution in [3.63, 3.8) is 0 Å². The molecule has 3 heterocycles. The standard InChI is InChI=1S/C29H32N6O3/c1-20(2)21-9-11-23(12-10-21)35(27(36)19-34-26-8-4-3-7-25(26)32-33-34)28(22-13-15-30-16-14-22)29(37)31-18-24-6-5-17-38-24/h3-4,7-16,20,24,28H,5-6,17-19H2,1-2H3,(H,31,37)/t24-,28+/m1/s1. The van der Waals surface area contributed by atoms with Gasteiger partial charge in [-0.3, -0.25) is 19.5 Å². The average molecular weight is 513 g/mol. The number of fused-ring (bicyclic) bond motifs is 1. The number of aromatic nitrogens is 4. The van der Waals surface area contributed by atoms with Crippen molar-refractivity contribution in [3.8, 4) is 0 Å². The Kier molecular flexibility index (Phi) is 7.74. The summed E-state index contributed by atoms with van der Waals surface area (Å²) < 4.78 is 7.27. The number of nitrogens with one attached hydrogen (secondary N) is 1. The van der Waals surface area contributed by atoms with Gasteiger partial charge in [-0.25, -0.2) is 4.68 Å². The fourth-order valence-electron chi connectivity index (χ4n) is 4.78. The first kappa shape index (κ1) is 25.5. The summed E-state index contributed by atoms with van der Waals surface area (Å²) in [6, 6.07) is 17.9. The van der Waals surface area contributed by atoms with Crippen LogP contribution in [0.3, 0.4) is 0 Å². The maximum absolute atomic E-state index is 14.1. The van der Waals surface area contributed by atoms with E-state index in [-0.39, 0.29) is 24.5 Å². The van der Waals surface area contributed by atoms with Crippen LogP contribution in [0.25, 0.3) is 11.0 Å².